The molecule has 0 amide bonds. The largest absolute Gasteiger partial charge is 0.491 e. The number of hydrogen-bond donors (Lipinski definition) is 1. The van der Waals surface area contributed by atoms with Gasteiger partial charge in [0.2, 0.25) is 0 Å². The fourth-order valence-electron chi connectivity index (χ4n) is 1.05. The summed E-state index contributed by atoms with van der Waals surface area (Å²) < 4.78 is 18.1. The molecule has 3 nitrogen and oxygen atoms in total. The summed E-state index contributed by atoms with van der Waals surface area (Å²) in [4.78, 5) is 10.4. The van der Waals surface area contributed by atoms with E-state index in [0.717, 1.165) is 6.07 Å². The Bertz CT molecular complexity index is 339. The maximum Gasteiger partial charge on any atom is 0.150 e. The highest BCUT2D eigenvalue weighted by Crippen LogP contribution is 2.15. The first-order valence-electron chi connectivity index (χ1n) is 4.72. The van der Waals surface area contributed by atoms with Gasteiger partial charge in [0.1, 0.15) is 24.5 Å². The lowest BCUT2D eigenvalue weighted by Crippen LogP contribution is -2.16. The van der Waals surface area contributed by atoms with E-state index in [4.69, 9.17) is 4.74 Å². The van der Waals surface area contributed by atoms with Crippen LogP contribution in [0.25, 0.3) is 0 Å². The van der Waals surface area contributed by atoms with E-state index in [-0.39, 0.29) is 17.9 Å². The third-order valence-corrected chi connectivity index (χ3v) is 1.94. The minimum absolute atomic E-state index is 0.0955. The molecule has 0 heterocycles. The average Bonchev–Trinajstić information content (AvgIpc) is 2.25. The molecule has 0 aliphatic carbocycles. The topological polar surface area (TPSA) is 46.5 Å². The van der Waals surface area contributed by atoms with Gasteiger partial charge in [-0.3, -0.25) is 4.79 Å². The second-order valence-corrected chi connectivity index (χ2v) is 3.21. The highest BCUT2D eigenvalue weighted by molar-refractivity contribution is 5.75. The van der Waals surface area contributed by atoms with Crippen molar-refractivity contribution in [1.29, 1.82) is 0 Å². The molecule has 1 unspecified atom stereocenters. The van der Waals surface area contributed by atoms with E-state index in [1.165, 1.54) is 12.1 Å². The maximum absolute atomic E-state index is 12.9. The maximum atomic E-state index is 12.9. The minimum Gasteiger partial charge on any atom is -0.491 e. The van der Waals surface area contributed by atoms with Crippen molar-refractivity contribution in [2.75, 3.05) is 6.61 Å². The molecule has 1 N–H and O–H groups in total. The van der Waals surface area contributed by atoms with Crippen LogP contribution < -0.4 is 4.74 Å². The van der Waals surface area contributed by atoms with Crippen LogP contribution in [0.3, 0.4) is 0 Å². The van der Waals surface area contributed by atoms with Gasteiger partial charge in [0.05, 0.1) is 6.10 Å². The van der Waals surface area contributed by atoms with Gasteiger partial charge in [-0.05, 0) is 18.6 Å². The third kappa shape index (κ3) is 3.67. The number of carbonyl (C=O) groups excluding carboxylic acids is 1. The van der Waals surface area contributed by atoms with Gasteiger partial charge in [-0.25, -0.2) is 4.39 Å². The van der Waals surface area contributed by atoms with E-state index < -0.39 is 11.9 Å². The molecular weight excluding hydrogens is 199 g/mol. The van der Waals surface area contributed by atoms with Gasteiger partial charge in [-0.2, -0.15) is 0 Å². The Morgan fingerprint density at radius 2 is 2.27 bits per heavy atom. The molecule has 4 heteroatoms. The van der Waals surface area contributed by atoms with Crippen LogP contribution in [0.2, 0.25) is 0 Å². The summed E-state index contributed by atoms with van der Waals surface area (Å²) in [5.41, 5.74) is 0.219. The third-order valence-electron chi connectivity index (χ3n) is 1.94. The molecule has 1 aromatic rings. The Balaban J connectivity index is 2.68. The monoisotopic (exact) mass is 212 g/mol. The van der Waals surface area contributed by atoms with E-state index in [0.29, 0.717) is 12.7 Å². The summed E-state index contributed by atoms with van der Waals surface area (Å²) in [6.45, 7) is 1.91. The number of halogens is 1. The van der Waals surface area contributed by atoms with Crippen molar-refractivity contribution < 1.29 is 19.0 Å². The van der Waals surface area contributed by atoms with Crippen molar-refractivity contribution in [3.05, 3.63) is 29.6 Å². The lowest BCUT2D eigenvalue weighted by molar-refractivity contribution is 0.104. The lowest BCUT2D eigenvalue weighted by Gasteiger charge is -2.10. The molecule has 0 aromatic heterocycles. The van der Waals surface area contributed by atoms with Crippen molar-refractivity contribution in [2.24, 2.45) is 0 Å². The van der Waals surface area contributed by atoms with Gasteiger partial charge < -0.3 is 9.84 Å². The smallest absolute Gasteiger partial charge is 0.150 e. The number of rotatable bonds is 5. The predicted molar refractivity (Wildman–Crippen MR) is 53.6 cm³/mol. The van der Waals surface area contributed by atoms with Crippen molar-refractivity contribution in [1.82, 2.24) is 0 Å². The minimum atomic E-state index is -0.576. The molecule has 0 bridgehead atoms. The Morgan fingerprint density at radius 1 is 1.53 bits per heavy atom. The average molecular weight is 212 g/mol. The lowest BCUT2D eigenvalue weighted by atomic mass is 10.2. The molecule has 1 rings (SSSR count). The molecular formula is C11H13FO3. The molecule has 0 saturated carbocycles. The van der Waals surface area contributed by atoms with Crippen LogP contribution in [-0.2, 0) is 0 Å². The summed E-state index contributed by atoms with van der Waals surface area (Å²) in [7, 11) is 0. The Morgan fingerprint density at radius 3 is 2.87 bits per heavy atom. The highest BCUT2D eigenvalue weighted by Gasteiger charge is 2.04. The van der Waals surface area contributed by atoms with Crippen LogP contribution in [0.4, 0.5) is 4.39 Å². The molecule has 0 radical (unpaired) electrons. The van der Waals surface area contributed by atoms with E-state index >= 15 is 0 Å². The van der Waals surface area contributed by atoms with Crippen molar-refractivity contribution in [3.63, 3.8) is 0 Å². The van der Waals surface area contributed by atoms with E-state index in [2.05, 4.69) is 0 Å². The number of carbonyl (C=O) groups is 1. The van der Waals surface area contributed by atoms with Crippen LogP contribution in [-0.4, -0.2) is 24.1 Å². The van der Waals surface area contributed by atoms with Gasteiger partial charge in [-0.15, -0.1) is 0 Å². The summed E-state index contributed by atoms with van der Waals surface area (Å²) in [5.74, 6) is -0.273. The number of ether oxygens (including phenoxy) is 1. The normalized spacial score (nSPS) is 12.2. The van der Waals surface area contributed by atoms with Crippen LogP contribution >= 0.6 is 0 Å². The standard InChI is InChI=1S/C11H13FO3/c1-2-10(14)7-15-11-4-8(6-13)3-9(12)5-11/h3-6,10,14H,2,7H2,1H3. The molecule has 1 aromatic carbocycles. The predicted octanol–water partition coefficient (Wildman–Crippen LogP) is 1.79. The molecule has 15 heavy (non-hydrogen) atoms. The quantitative estimate of drug-likeness (QED) is 0.757. The first kappa shape index (κ1) is 11.7. The molecule has 0 saturated heterocycles. The van der Waals surface area contributed by atoms with Crippen molar-refractivity contribution in [3.8, 4) is 5.75 Å². The Hall–Kier alpha value is -1.42. The summed E-state index contributed by atoms with van der Waals surface area (Å²) in [6, 6.07) is 3.73. The second-order valence-electron chi connectivity index (χ2n) is 3.21. The van der Waals surface area contributed by atoms with Crippen LogP contribution in [0.5, 0.6) is 5.75 Å². The molecule has 1 atom stereocenters. The Kier molecular flexibility index (Phi) is 4.24. The van der Waals surface area contributed by atoms with Gasteiger partial charge >= 0.3 is 0 Å². The zero-order valence-electron chi connectivity index (χ0n) is 8.44. The van der Waals surface area contributed by atoms with Crippen molar-refractivity contribution >= 4 is 6.29 Å². The van der Waals surface area contributed by atoms with Gasteiger partial charge in [-0.1, -0.05) is 6.92 Å². The molecule has 0 fully saturated rings. The number of aliphatic hydroxyl groups excluding tert-OH is 1. The summed E-state index contributed by atoms with van der Waals surface area (Å²) >= 11 is 0. The first-order valence-corrected chi connectivity index (χ1v) is 4.72. The number of benzene rings is 1. The molecule has 0 aliphatic heterocycles. The number of aliphatic hydroxyl groups is 1. The zero-order chi connectivity index (χ0) is 11.3. The first-order chi connectivity index (χ1) is 7.15. The summed E-state index contributed by atoms with van der Waals surface area (Å²) in [6.07, 6.45) is 0.537. The zero-order valence-corrected chi connectivity index (χ0v) is 8.44. The highest BCUT2D eigenvalue weighted by atomic mass is 19.1. The van der Waals surface area contributed by atoms with Gasteiger partial charge in [0, 0.05) is 11.6 Å². The van der Waals surface area contributed by atoms with Crippen LogP contribution in [0.1, 0.15) is 23.7 Å². The van der Waals surface area contributed by atoms with E-state index in [9.17, 15) is 14.3 Å². The SMILES string of the molecule is CCC(O)COc1cc(F)cc(C=O)c1. The molecule has 0 aliphatic rings. The van der Waals surface area contributed by atoms with E-state index in [1.807, 2.05) is 6.92 Å². The van der Waals surface area contributed by atoms with E-state index in [1.54, 1.807) is 0 Å². The van der Waals surface area contributed by atoms with Gasteiger partial charge in [0.25, 0.3) is 0 Å². The number of aldehydes is 1. The second kappa shape index (κ2) is 5.46. The van der Waals surface area contributed by atoms with Crippen LogP contribution in [0.15, 0.2) is 18.2 Å². The fraction of sp³-hybridized carbons (Fsp3) is 0.364. The molecule has 82 valence electrons. The van der Waals surface area contributed by atoms with Crippen molar-refractivity contribution in [2.45, 2.75) is 19.4 Å². The fourth-order valence-corrected chi connectivity index (χ4v) is 1.05. The number of hydrogen-bond acceptors (Lipinski definition) is 3. The Labute approximate surface area is 87.5 Å². The summed E-state index contributed by atoms with van der Waals surface area (Å²) in [5, 5.41) is 9.23. The van der Waals surface area contributed by atoms with Gasteiger partial charge in [0.15, 0.2) is 0 Å². The van der Waals surface area contributed by atoms with Crippen LogP contribution in [0, 0.1) is 5.82 Å². The molecule has 0 spiro atoms.